The van der Waals surface area contributed by atoms with E-state index in [1.165, 1.54) is 12.1 Å². The fraction of sp³-hybridized carbons (Fsp3) is 0. The molecule has 1 aromatic heterocycles. The number of hydrogen-bond acceptors (Lipinski definition) is 4. The Kier molecular flexibility index (Phi) is 2.01. The van der Waals surface area contributed by atoms with E-state index in [2.05, 4.69) is 4.98 Å². The van der Waals surface area contributed by atoms with Crippen molar-refractivity contribution in [3.8, 4) is 5.75 Å². The van der Waals surface area contributed by atoms with Gasteiger partial charge in [0.1, 0.15) is 5.75 Å². The molecule has 0 bridgehead atoms. The van der Waals surface area contributed by atoms with E-state index >= 15 is 0 Å². The molecule has 7 nitrogen and oxygen atoms in total. The number of phenolic OH excluding ortho intramolecular Hbond substituents is 1. The molecule has 0 amide bonds. The Bertz CT molecular complexity index is 697. The Morgan fingerprint density at radius 2 is 2.00 bits per heavy atom. The summed E-state index contributed by atoms with van der Waals surface area (Å²) in [4.78, 5) is 35.7. The third-order valence-corrected chi connectivity index (χ3v) is 2.07. The van der Waals surface area contributed by atoms with Crippen molar-refractivity contribution in [3.05, 3.63) is 39.0 Å². The number of carbonyl (C=O) groups is 1. The Balaban J connectivity index is 3.03. The van der Waals surface area contributed by atoms with Crippen molar-refractivity contribution in [2.45, 2.75) is 0 Å². The van der Waals surface area contributed by atoms with Crippen LogP contribution in [0.1, 0.15) is 0 Å². The number of H-pyrrole nitrogens is 1. The third kappa shape index (κ3) is 1.34. The van der Waals surface area contributed by atoms with Crippen molar-refractivity contribution in [1.29, 1.82) is 0 Å². The maximum absolute atomic E-state index is 11.6. The minimum Gasteiger partial charge on any atom is -0.508 e. The highest BCUT2D eigenvalue weighted by Crippen LogP contribution is 2.13. The van der Waals surface area contributed by atoms with E-state index in [-0.39, 0.29) is 21.2 Å². The molecule has 7 heteroatoms. The van der Waals surface area contributed by atoms with Crippen LogP contribution in [-0.2, 0) is 0 Å². The second kappa shape index (κ2) is 3.23. The quantitative estimate of drug-likeness (QED) is 0.577. The van der Waals surface area contributed by atoms with Crippen LogP contribution in [0.2, 0.25) is 0 Å². The maximum Gasteiger partial charge on any atom is 0.422 e. The molecule has 0 radical (unpaired) electrons. The SMILES string of the molecule is O=C(O)n1c(=O)[nH]c2ccc(O)cc2c1=O. The van der Waals surface area contributed by atoms with Gasteiger partial charge in [-0.2, -0.15) is 4.57 Å². The molecule has 0 saturated carbocycles. The number of aromatic hydroxyl groups is 1. The van der Waals surface area contributed by atoms with E-state index < -0.39 is 17.3 Å². The van der Waals surface area contributed by atoms with Crippen molar-refractivity contribution < 1.29 is 15.0 Å². The number of carboxylic acid groups (broad SMARTS) is 1. The van der Waals surface area contributed by atoms with Gasteiger partial charge in [-0.15, -0.1) is 0 Å². The van der Waals surface area contributed by atoms with E-state index in [9.17, 15) is 14.4 Å². The molecule has 0 aliphatic carbocycles. The molecule has 0 atom stereocenters. The monoisotopic (exact) mass is 222 g/mol. The first-order chi connectivity index (χ1) is 7.50. The summed E-state index contributed by atoms with van der Waals surface area (Å²) in [6.45, 7) is 0. The van der Waals surface area contributed by atoms with Crippen LogP contribution in [0, 0.1) is 0 Å². The lowest BCUT2D eigenvalue weighted by molar-refractivity contribution is 0.194. The van der Waals surface area contributed by atoms with Gasteiger partial charge in [-0.05, 0) is 18.2 Å². The Morgan fingerprint density at radius 3 is 2.62 bits per heavy atom. The second-order valence-corrected chi connectivity index (χ2v) is 3.08. The van der Waals surface area contributed by atoms with Crippen LogP contribution in [0.3, 0.4) is 0 Å². The molecule has 2 aromatic rings. The van der Waals surface area contributed by atoms with Crippen molar-refractivity contribution in [2.75, 3.05) is 0 Å². The van der Waals surface area contributed by atoms with Gasteiger partial charge in [-0.25, -0.2) is 9.59 Å². The van der Waals surface area contributed by atoms with Gasteiger partial charge >= 0.3 is 11.8 Å². The standard InChI is InChI=1S/C9H6N2O5/c12-4-1-2-6-5(3-4)7(13)11(9(15)16)8(14)10-6/h1-3,12H,(H,10,14)(H,15,16). The number of aromatic nitrogens is 2. The number of hydrogen-bond donors (Lipinski definition) is 3. The predicted octanol–water partition coefficient (Wildman–Crippen LogP) is -0.0785. The highest BCUT2D eigenvalue weighted by Gasteiger charge is 2.12. The summed E-state index contributed by atoms with van der Waals surface area (Å²) in [5, 5.41) is 17.8. The van der Waals surface area contributed by atoms with Gasteiger partial charge in [0, 0.05) is 0 Å². The molecule has 0 fully saturated rings. The largest absolute Gasteiger partial charge is 0.508 e. The average Bonchev–Trinajstić information content (AvgIpc) is 2.19. The molecule has 0 saturated heterocycles. The van der Waals surface area contributed by atoms with Crippen molar-refractivity contribution in [1.82, 2.24) is 9.55 Å². The summed E-state index contributed by atoms with van der Waals surface area (Å²) >= 11 is 0. The zero-order valence-corrected chi connectivity index (χ0v) is 7.80. The zero-order chi connectivity index (χ0) is 11.9. The van der Waals surface area contributed by atoms with Gasteiger partial charge in [0.25, 0.3) is 5.56 Å². The molecule has 1 aromatic carbocycles. The molecular formula is C9H6N2O5. The van der Waals surface area contributed by atoms with Gasteiger partial charge in [-0.3, -0.25) is 4.79 Å². The molecule has 16 heavy (non-hydrogen) atoms. The molecule has 0 aliphatic heterocycles. The molecule has 82 valence electrons. The third-order valence-electron chi connectivity index (χ3n) is 2.07. The van der Waals surface area contributed by atoms with E-state index in [1.807, 2.05) is 0 Å². The molecule has 0 aliphatic rings. The Hall–Kier alpha value is -2.57. The summed E-state index contributed by atoms with van der Waals surface area (Å²) in [7, 11) is 0. The summed E-state index contributed by atoms with van der Waals surface area (Å²) in [6, 6.07) is 3.69. The molecule has 3 N–H and O–H groups in total. The number of rotatable bonds is 0. The van der Waals surface area contributed by atoms with Gasteiger partial charge in [0.15, 0.2) is 0 Å². The number of nitrogens with zero attached hydrogens (tertiary/aromatic N) is 1. The fourth-order valence-corrected chi connectivity index (χ4v) is 1.38. The second-order valence-electron chi connectivity index (χ2n) is 3.08. The van der Waals surface area contributed by atoms with Crippen LogP contribution in [0.4, 0.5) is 4.79 Å². The minimum absolute atomic E-state index is 0.0434. The van der Waals surface area contributed by atoms with E-state index in [4.69, 9.17) is 10.2 Å². The number of phenols is 1. The molecule has 0 unspecified atom stereocenters. The summed E-state index contributed by atoms with van der Waals surface area (Å²) in [5.74, 6) is -0.186. The lowest BCUT2D eigenvalue weighted by Crippen LogP contribution is -2.39. The first-order valence-electron chi connectivity index (χ1n) is 4.22. The summed E-state index contributed by atoms with van der Waals surface area (Å²) in [6.07, 6.45) is -1.67. The smallest absolute Gasteiger partial charge is 0.422 e. The van der Waals surface area contributed by atoms with Crippen LogP contribution in [0.15, 0.2) is 27.8 Å². The predicted molar refractivity (Wildman–Crippen MR) is 53.9 cm³/mol. The van der Waals surface area contributed by atoms with Crippen LogP contribution in [0.25, 0.3) is 10.9 Å². The van der Waals surface area contributed by atoms with Crippen molar-refractivity contribution >= 4 is 17.0 Å². The van der Waals surface area contributed by atoms with Crippen LogP contribution in [-0.4, -0.2) is 25.9 Å². The first-order valence-corrected chi connectivity index (χ1v) is 4.22. The Labute approximate surface area is 87.2 Å². The lowest BCUT2D eigenvalue weighted by Gasteiger charge is -2.01. The van der Waals surface area contributed by atoms with Crippen molar-refractivity contribution in [3.63, 3.8) is 0 Å². The number of benzene rings is 1. The summed E-state index contributed by atoms with van der Waals surface area (Å²) < 4.78 is 0.0434. The molecule has 2 rings (SSSR count). The first kappa shape index (κ1) is 9.97. The van der Waals surface area contributed by atoms with E-state index in [1.54, 1.807) is 0 Å². The fourth-order valence-electron chi connectivity index (χ4n) is 1.38. The normalized spacial score (nSPS) is 10.5. The van der Waals surface area contributed by atoms with Gasteiger partial charge < -0.3 is 15.2 Å². The van der Waals surface area contributed by atoms with Crippen LogP contribution >= 0.6 is 0 Å². The molecule has 1 heterocycles. The maximum atomic E-state index is 11.6. The summed E-state index contributed by atoms with van der Waals surface area (Å²) in [5.41, 5.74) is -1.84. The van der Waals surface area contributed by atoms with E-state index in [0.717, 1.165) is 6.07 Å². The highest BCUT2D eigenvalue weighted by molar-refractivity contribution is 5.81. The number of fused-ring (bicyclic) bond motifs is 1. The van der Waals surface area contributed by atoms with Gasteiger partial charge in [-0.1, -0.05) is 0 Å². The van der Waals surface area contributed by atoms with Crippen LogP contribution in [0.5, 0.6) is 5.75 Å². The van der Waals surface area contributed by atoms with Crippen molar-refractivity contribution in [2.24, 2.45) is 0 Å². The topological polar surface area (TPSA) is 112 Å². The zero-order valence-electron chi connectivity index (χ0n) is 7.80. The number of aromatic amines is 1. The van der Waals surface area contributed by atoms with Gasteiger partial charge in [0.2, 0.25) is 0 Å². The van der Waals surface area contributed by atoms with Crippen LogP contribution < -0.4 is 11.2 Å². The average molecular weight is 222 g/mol. The van der Waals surface area contributed by atoms with E-state index in [0.29, 0.717) is 0 Å². The molecular weight excluding hydrogens is 216 g/mol. The highest BCUT2D eigenvalue weighted by atomic mass is 16.4. The Morgan fingerprint density at radius 1 is 1.31 bits per heavy atom. The number of nitrogens with one attached hydrogen (secondary N) is 1. The molecule has 0 spiro atoms. The lowest BCUT2D eigenvalue weighted by atomic mass is 10.2. The minimum atomic E-state index is -1.67. The van der Waals surface area contributed by atoms with Gasteiger partial charge in [0.05, 0.1) is 10.9 Å².